The molecule has 0 spiro atoms. The van der Waals surface area contributed by atoms with Crippen molar-refractivity contribution in [2.24, 2.45) is 0 Å². The van der Waals surface area contributed by atoms with Crippen LogP contribution < -0.4 is 0 Å². The Hall–Kier alpha value is -2.63. The van der Waals surface area contributed by atoms with Crippen LogP contribution in [0, 0.1) is 0 Å². The van der Waals surface area contributed by atoms with Crippen LogP contribution in [-0.2, 0) is 6.54 Å². The first-order valence-corrected chi connectivity index (χ1v) is 9.92. The van der Waals surface area contributed by atoms with Crippen molar-refractivity contribution >= 4 is 22.7 Å². The molecule has 3 heterocycles. The zero-order valence-corrected chi connectivity index (χ0v) is 16.1. The molecule has 5 rings (SSSR count). The van der Waals surface area contributed by atoms with E-state index in [9.17, 15) is 0 Å². The third-order valence-corrected chi connectivity index (χ3v) is 5.50. The number of aromatic nitrogens is 2. The minimum atomic E-state index is 0.305. The Kier molecular flexibility index (Phi) is 4.63. The van der Waals surface area contributed by atoms with Crippen molar-refractivity contribution in [1.82, 2.24) is 15.0 Å². The summed E-state index contributed by atoms with van der Waals surface area (Å²) in [6.45, 7) is 2.68. The Balaban J connectivity index is 1.28. The van der Waals surface area contributed by atoms with Gasteiger partial charge >= 0.3 is 0 Å². The van der Waals surface area contributed by atoms with Crippen LogP contribution in [0.25, 0.3) is 22.4 Å². The maximum Gasteiger partial charge on any atom is 0.199 e. The third kappa shape index (κ3) is 3.55. The molecule has 28 heavy (non-hydrogen) atoms. The van der Waals surface area contributed by atoms with Crippen molar-refractivity contribution in [1.29, 1.82) is 0 Å². The fraction of sp³-hybridized carbons (Fsp3) is 0.273. The number of likely N-dealkylation sites (tertiary alicyclic amines) is 1. The number of para-hydroxylation sites is 2. The van der Waals surface area contributed by atoms with Crippen molar-refractivity contribution < 1.29 is 8.94 Å². The van der Waals surface area contributed by atoms with Gasteiger partial charge in [-0.25, -0.2) is 4.98 Å². The average Bonchev–Trinajstić information content (AvgIpc) is 3.36. The van der Waals surface area contributed by atoms with Crippen LogP contribution in [0.15, 0.2) is 63.5 Å². The second-order valence-corrected chi connectivity index (χ2v) is 7.72. The number of piperidine rings is 1. The minimum absolute atomic E-state index is 0.305. The minimum Gasteiger partial charge on any atom is -0.440 e. The van der Waals surface area contributed by atoms with Gasteiger partial charge in [0.15, 0.2) is 17.2 Å². The van der Waals surface area contributed by atoms with Gasteiger partial charge in [0.1, 0.15) is 11.2 Å². The molecule has 1 aliphatic rings. The summed E-state index contributed by atoms with van der Waals surface area (Å²) in [4.78, 5) is 7.07. The van der Waals surface area contributed by atoms with Gasteiger partial charge in [-0.1, -0.05) is 41.0 Å². The van der Waals surface area contributed by atoms with Gasteiger partial charge in [0.25, 0.3) is 0 Å². The Bertz CT molecular complexity index is 1050. The zero-order valence-electron chi connectivity index (χ0n) is 15.3. The van der Waals surface area contributed by atoms with Crippen LogP contribution >= 0.6 is 11.6 Å². The maximum atomic E-state index is 5.99. The zero-order chi connectivity index (χ0) is 18.9. The van der Waals surface area contributed by atoms with Gasteiger partial charge in [0.05, 0.1) is 6.54 Å². The standard InChI is InChI=1S/C22H20ClN3O2/c23-17-9-7-15(8-10-17)20-12-18(28-25-20)14-26-11-3-4-16(13-26)22-24-19-5-1-2-6-21(19)27-22/h1-2,5-10,12,16H,3-4,11,13-14H2. The lowest BCUT2D eigenvalue weighted by Gasteiger charge is -2.30. The van der Waals surface area contributed by atoms with E-state index in [0.717, 1.165) is 66.5 Å². The molecular weight excluding hydrogens is 374 g/mol. The Morgan fingerprint density at radius 2 is 1.96 bits per heavy atom. The van der Waals surface area contributed by atoms with Crippen LogP contribution in [-0.4, -0.2) is 28.1 Å². The number of fused-ring (bicyclic) bond motifs is 1. The highest BCUT2D eigenvalue weighted by atomic mass is 35.5. The highest BCUT2D eigenvalue weighted by Crippen LogP contribution is 2.30. The summed E-state index contributed by atoms with van der Waals surface area (Å²) in [5.74, 6) is 2.01. The van der Waals surface area contributed by atoms with Crippen molar-refractivity contribution in [3.63, 3.8) is 0 Å². The van der Waals surface area contributed by atoms with Crippen molar-refractivity contribution in [2.75, 3.05) is 13.1 Å². The highest BCUT2D eigenvalue weighted by molar-refractivity contribution is 6.30. The van der Waals surface area contributed by atoms with Gasteiger partial charge in [-0.05, 0) is 43.7 Å². The first-order valence-electron chi connectivity index (χ1n) is 9.54. The van der Waals surface area contributed by atoms with Gasteiger partial charge in [0.2, 0.25) is 0 Å². The van der Waals surface area contributed by atoms with Crippen LogP contribution in [0.5, 0.6) is 0 Å². The molecule has 0 aliphatic carbocycles. The molecule has 0 N–H and O–H groups in total. The topological polar surface area (TPSA) is 55.3 Å². The molecule has 0 radical (unpaired) electrons. The number of benzene rings is 2. The third-order valence-electron chi connectivity index (χ3n) is 5.24. The van der Waals surface area contributed by atoms with E-state index >= 15 is 0 Å². The summed E-state index contributed by atoms with van der Waals surface area (Å²) in [6, 6.07) is 17.6. The predicted octanol–water partition coefficient (Wildman–Crippen LogP) is 5.52. The number of hydrogen-bond donors (Lipinski definition) is 0. The smallest absolute Gasteiger partial charge is 0.199 e. The maximum absolute atomic E-state index is 5.99. The molecule has 5 nitrogen and oxygen atoms in total. The van der Waals surface area contributed by atoms with Crippen LogP contribution in [0.4, 0.5) is 0 Å². The summed E-state index contributed by atoms with van der Waals surface area (Å²) in [6.07, 6.45) is 2.21. The van der Waals surface area contributed by atoms with E-state index in [0.29, 0.717) is 10.9 Å². The Morgan fingerprint density at radius 3 is 2.82 bits per heavy atom. The van der Waals surface area contributed by atoms with Crippen molar-refractivity contribution in [3.8, 4) is 11.3 Å². The molecule has 4 aromatic rings. The lowest BCUT2D eigenvalue weighted by molar-refractivity contribution is 0.170. The summed E-state index contributed by atoms with van der Waals surface area (Å²) in [7, 11) is 0. The molecule has 1 unspecified atom stereocenters. The number of rotatable bonds is 4. The Morgan fingerprint density at radius 1 is 1.11 bits per heavy atom. The highest BCUT2D eigenvalue weighted by Gasteiger charge is 2.26. The molecule has 0 bridgehead atoms. The number of hydrogen-bond acceptors (Lipinski definition) is 5. The van der Waals surface area contributed by atoms with E-state index in [1.54, 1.807) is 0 Å². The summed E-state index contributed by atoms with van der Waals surface area (Å²) < 4.78 is 11.6. The molecule has 1 fully saturated rings. The Labute approximate surface area is 167 Å². The number of nitrogens with zero attached hydrogens (tertiary/aromatic N) is 3. The van der Waals surface area contributed by atoms with Gasteiger partial charge in [-0.15, -0.1) is 0 Å². The van der Waals surface area contributed by atoms with E-state index < -0.39 is 0 Å². The SMILES string of the molecule is Clc1ccc(-c2cc(CN3CCCC(c4nc5ccccc5o4)C3)on2)cc1. The molecule has 2 aromatic heterocycles. The molecule has 1 saturated heterocycles. The first kappa shape index (κ1) is 17.5. The van der Waals surface area contributed by atoms with Gasteiger partial charge in [-0.2, -0.15) is 0 Å². The fourth-order valence-electron chi connectivity index (χ4n) is 3.83. The molecule has 0 saturated carbocycles. The molecular formula is C22H20ClN3O2. The van der Waals surface area contributed by atoms with E-state index in [1.807, 2.05) is 54.6 Å². The van der Waals surface area contributed by atoms with Crippen molar-refractivity contribution in [2.45, 2.75) is 25.3 Å². The largest absolute Gasteiger partial charge is 0.440 e. The van der Waals surface area contributed by atoms with Gasteiger partial charge in [-0.3, -0.25) is 4.90 Å². The normalized spacial score (nSPS) is 18.0. The van der Waals surface area contributed by atoms with Crippen LogP contribution in [0.3, 0.4) is 0 Å². The second-order valence-electron chi connectivity index (χ2n) is 7.28. The summed E-state index contributed by atoms with van der Waals surface area (Å²) in [5.41, 5.74) is 3.62. The monoisotopic (exact) mass is 393 g/mol. The second kappa shape index (κ2) is 7.41. The first-order chi connectivity index (χ1) is 13.7. The van der Waals surface area contributed by atoms with E-state index in [4.69, 9.17) is 20.5 Å². The lowest BCUT2D eigenvalue weighted by Crippen LogP contribution is -2.33. The fourth-order valence-corrected chi connectivity index (χ4v) is 3.96. The van der Waals surface area contributed by atoms with E-state index in [1.165, 1.54) is 0 Å². The number of oxazole rings is 1. The predicted molar refractivity (Wildman–Crippen MR) is 108 cm³/mol. The molecule has 0 amide bonds. The lowest BCUT2D eigenvalue weighted by atomic mass is 9.98. The van der Waals surface area contributed by atoms with Gasteiger partial charge in [0, 0.05) is 29.1 Å². The average molecular weight is 394 g/mol. The molecule has 1 aliphatic heterocycles. The molecule has 1 atom stereocenters. The number of halogens is 1. The van der Waals surface area contributed by atoms with E-state index in [2.05, 4.69) is 15.0 Å². The molecule has 142 valence electrons. The molecule has 6 heteroatoms. The van der Waals surface area contributed by atoms with E-state index in [-0.39, 0.29) is 0 Å². The van der Waals surface area contributed by atoms with Gasteiger partial charge < -0.3 is 8.94 Å². The quantitative estimate of drug-likeness (QED) is 0.457. The molecule has 2 aromatic carbocycles. The van der Waals surface area contributed by atoms with Crippen LogP contribution in [0.1, 0.15) is 30.4 Å². The summed E-state index contributed by atoms with van der Waals surface area (Å²) >= 11 is 5.96. The van der Waals surface area contributed by atoms with Crippen molar-refractivity contribution in [3.05, 3.63) is 71.3 Å². The van der Waals surface area contributed by atoms with Crippen LogP contribution in [0.2, 0.25) is 5.02 Å². The summed E-state index contributed by atoms with van der Waals surface area (Å²) in [5, 5.41) is 4.93.